The van der Waals surface area contributed by atoms with Gasteiger partial charge in [0.15, 0.2) is 0 Å². The van der Waals surface area contributed by atoms with Gasteiger partial charge in [0, 0.05) is 26.7 Å². The molecule has 4 unspecified atom stereocenters. The van der Waals surface area contributed by atoms with Crippen molar-refractivity contribution < 1.29 is 9.84 Å². The highest BCUT2D eigenvalue weighted by Crippen LogP contribution is 2.30. The molecule has 0 bridgehead atoms. The molecule has 0 aromatic heterocycles. The molecule has 1 aliphatic heterocycles. The maximum absolute atomic E-state index is 10.0. The van der Waals surface area contributed by atoms with Crippen molar-refractivity contribution in [3.8, 4) is 0 Å². The fourth-order valence-electron chi connectivity index (χ4n) is 3.17. The third kappa shape index (κ3) is 2.96. The largest absolute Gasteiger partial charge is 0.393 e. The van der Waals surface area contributed by atoms with E-state index in [2.05, 4.69) is 11.8 Å². The Hall–Kier alpha value is -0.120. The molecular weight excluding hydrogens is 202 g/mol. The molecule has 0 amide bonds. The molecule has 1 aliphatic carbocycles. The quantitative estimate of drug-likeness (QED) is 0.793. The van der Waals surface area contributed by atoms with Crippen LogP contribution in [0.1, 0.15) is 32.6 Å². The summed E-state index contributed by atoms with van der Waals surface area (Å²) in [5, 5.41) is 10.0. The molecule has 16 heavy (non-hydrogen) atoms. The van der Waals surface area contributed by atoms with Crippen LogP contribution in [0.2, 0.25) is 0 Å². The molecule has 94 valence electrons. The van der Waals surface area contributed by atoms with Crippen LogP contribution in [0.4, 0.5) is 0 Å². The van der Waals surface area contributed by atoms with Crippen LogP contribution in [0.25, 0.3) is 0 Å². The second-order valence-electron chi connectivity index (χ2n) is 5.65. The topological polar surface area (TPSA) is 32.7 Å². The summed E-state index contributed by atoms with van der Waals surface area (Å²) < 4.78 is 5.37. The van der Waals surface area contributed by atoms with Crippen molar-refractivity contribution in [3.05, 3.63) is 0 Å². The molecule has 1 saturated heterocycles. The van der Waals surface area contributed by atoms with Gasteiger partial charge in [-0.25, -0.2) is 0 Å². The molecule has 2 aliphatic rings. The lowest BCUT2D eigenvalue weighted by Gasteiger charge is -2.34. The summed E-state index contributed by atoms with van der Waals surface area (Å²) in [6, 6.07) is 0. The zero-order valence-corrected chi connectivity index (χ0v) is 10.6. The number of aliphatic hydroxyl groups is 1. The van der Waals surface area contributed by atoms with E-state index in [1.54, 1.807) is 7.11 Å². The number of rotatable bonds is 3. The van der Waals surface area contributed by atoms with Crippen molar-refractivity contribution >= 4 is 0 Å². The van der Waals surface area contributed by atoms with E-state index in [1.807, 2.05) is 0 Å². The summed E-state index contributed by atoms with van der Waals surface area (Å²) in [5.41, 5.74) is 0. The summed E-state index contributed by atoms with van der Waals surface area (Å²) >= 11 is 0. The summed E-state index contributed by atoms with van der Waals surface area (Å²) in [4.78, 5) is 2.46. The normalized spacial score (nSPS) is 41.4. The molecule has 0 spiro atoms. The van der Waals surface area contributed by atoms with Crippen LogP contribution >= 0.6 is 0 Å². The van der Waals surface area contributed by atoms with E-state index in [4.69, 9.17) is 4.74 Å². The fourth-order valence-corrected chi connectivity index (χ4v) is 3.17. The third-order valence-electron chi connectivity index (χ3n) is 4.26. The van der Waals surface area contributed by atoms with Crippen molar-refractivity contribution in [2.24, 2.45) is 11.8 Å². The number of methoxy groups -OCH3 is 1. The van der Waals surface area contributed by atoms with Gasteiger partial charge in [-0.2, -0.15) is 0 Å². The summed E-state index contributed by atoms with van der Waals surface area (Å²) in [7, 11) is 1.80. The van der Waals surface area contributed by atoms with Crippen LogP contribution in [0.3, 0.4) is 0 Å². The van der Waals surface area contributed by atoms with E-state index in [0.29, 0.717) is 12.0 Å². The average Bonchev–Trinajstić information content (AvgIpc) is 2.71. The Morgan fingerprint density at radius 3 is 2.81 bits per heavy atom. The van der Waals surface area contributed by atoms with Gasteiger partial charge in [0.25, 0.3) is 0 Å². The van der Waals surface area contributed by atoms with E-state index >= 15 is 0 Å². The number of hydrogen-bond donors (Lipinski definition) is 1. The molecule has 4 atom stereocenters. The molecular formula is C13H25NO2. The standard InChI is InChI=1S/C13H25NO2/c1-10-3-4-13(15)11(7-10)8-14-6-5-12(9-14)16-2/h10-13,15H,3-9H2,1-2H3. The summed E-state index contributed by atoms with van der Waals surface area (Å²) in [5.74, 6) is 1.27. The van der Waals surface area contributed by atoms with Gasteiger partial charge in [0.1, 0.15) is 0 Å². The van der Waals surface area contributed by atoms with Gasteiger partial charge in [-0.15, -0.1) is 0 Å². The van der Waals surface area contributed by atoms with Crippen molar-refractivity contribution in [1.29, 1.82) is 0 Å². The predicted octanol–water partition coefficient (Wildman–Crippen LogP) is 1.50. The maximum Gasteiger partial charge on any atom is 0.0710 e. The Morgan fingerprint density at radius 1 is 1.31 bits per heavy atom. The van der Waals surface area contributed by atoms with E-state index in [9.17, 15) is 5.11 Å². The van der Waals surface area contributed by atoms with E-state index in [-0.39, 0.29) is 6.10 Å². The minimum absolute atomic E-state index is 0.0715. The van der Waals surface area contributed by atoms with Crippen LogP contribution in [-0.2, 0) is 4.74 Å². The minimum atomic E-state index is -0.0715. The minimum Gasteiger partial charge on any atom is -0.393 e. The van der Waals surface area contributed by atoms with Crippen LogP contribution in [0, 0.1) is 11.8 Å². The Balaban J connectivity index is 1.80. The SMILES string of the molecule is COC1CCN(CC2CC(C)CCC2O)C1. The lowest BCUT2D eigenvalue weighted by molar-refractivity contribution is 0.0306. The molecule has 2 rings (SSSR count). The number of nitrogens with zero attached hydrogens (tertiary/aromatic N) is 1. The van der Waals surface area contributed by atoms with E-state index < -0.39 is 0 Å². The van der Waals surface area contributed by atoms with Crippen molar-refractivity contribution in [3.63, 3.8) is 0 Å². The van der Waals surface area contributed by atoms with Crippen molar-refractivity contribution in [2.45, 2.75) is 44.8 Å². The lowest BCUT2D eigenvalue weighted by Crippen LogP contribution is -2.38. The molecule has 3 heteroatoms. The average molecular weight is 227 g/mol. The third-order valence-corrected chi connectivity index (χ3v) is 4.26. The first-order valence-corrected chi connectivity index (χ1v) is 6.62. The smallest absolute Gasteiger partial charge is 0.0710 e. The Kier molecular flexibility index (Phi) is 4.22. The molecule has 0 radical (unpaired) electrons. The number of likely N-dealkylation sites (tertiary alicyclic amines) is 1. The Labute approximate surface area is 98.8 Å². The zero-order chi connectivity index (χ0) is 11.5. The van der Waals surface area contributed by atoms with Crippen molar-refractivity contribution in [1.82, 2.24) is 4.90 Å². The number of aliphatic hydroxyl groups excluding tert-OH is 1. The second kappa shape index (κ2) is 5.48. The number of ether oxygens (including phenoxy) is 1. The highest BCUT2D eigenvalue weighted by atomic mass is 16.5. The van der Waals surface area contributed by atoms with Gasteiger partial charge in [0.2, 0.25) is 0 Å². The van der Waals surface area contributed by atoms with Crippen LogP contribution in [0.15, 0.2) is 0 Å². The maximum atomic E-state index is 10.0. The van der Waals surface area contributed by atoms with E-state index in [1.165, 1.54) is 12.8 Å². The van der Waals surface area contributed by atoms with Gasteiger partial charge in [-0.1, -0.05) is 6.92 Å². The second-order valence-corrected chi connectivity index (χ2v) is 5.65. The summed E-state index contributed by atoms with van der Waals surface area (Å²) in [6.07, 6.45) is 4.87. The monoisotopic (exact) mass is 227 g/mol. The molecule has 1 N–H and O–H groups in total. The highest BCUT2D eigenvalue weighted by Gasteiger charge is 2.31. The Bertz CT molecular complexity index is 222. The summed E-state index contributed by atoms with van der Waals surface area (Å²) in [6.45, 7) is 5.55. The zero-order valence-electron chi connectivity index (χ0n) is 10.6. The van der Waals surface area contributed by atoms with E-state index in [0.717, 1.165) is 38.4 Å². The molecule has 0 aromatic rings. The first kappa shape index (κ1) is 12.3. The molecule has 2 fully saturated rings. The van der Waals surface area contributed by atoms with Gasteiger partial charge >= 0.3 is 0 Å². The first-order chi connectivity index (χ1) is 7.69. The van der Waals surface area contributed by atoms with Gasteiger partial charge < -0.3 is 14.7 Å². The van der Waals surface area contributed by atoms with Crippen LogP contribution in [0.5, 0.6) is 0 Å². The van der Waals surface area contributed by atoms with Crippen LogP contribution in [-0.4, -0.2) is 49.0 Å². The predicted molar refractivity (Wildman–Crippen MR) is 64.4 cm³/mol. The van der Waals surface area contributed by atoms with Gasteiger partial charge in [-0.05, 0) is 37.5 Å². The first-order valence-electron chi connectivity index (χ1n) is 6.62. The molecule has 3 nitrogen and oxygen atoms in total. The van der Waals surface area contributed by atoms with Crippen molar-refractivity contribution in [2.75, 3.05) is 26.7 Å². The van der Waals surface area contributed by atoms with Gasteiger partial charge in [0.05, 0.1) is 12.2 Å². The molecule has 0 aromatic carbocycles. The lowest BCUT2D eigenvalue weighted by atomic mass is 9.80. The van der Waals surface area contributed by atoms with Crippen LogP contribution < -0.4 is 0 Å². The highest BCUT2D eigenvalue weighted by molar-refractivity contribution is 4.84. The Morgan fingerprint density at radius 2 is 2.12 bits per heavy atom. The molecule has 1 heterocycles. The molecule has 1 saturated carbocycles. The fraction of sp³-hybridized carbons (Fsp3) is 1.00. The van der Waals surface area contributed by atoms with Gasteiger partial charge in [-0.3, -0.25) is 0 Å². The number of hydrogen-bond acceptors (Lipinski definition) is 3.